The Bertz CT molecular complexity index is 307. The molecular weight excluding hydrogens is 200 g/mol. The van der Waals surface area contributed by atoms with E-state index < -0.39 is 12.3 Å². The molecule has 1 aliphatic heterocycles. The minimum absolute atomic E-state index is 0.00391. The molecule has 1 fully saturated rings. The van der Waals surface area contributed by atoms with Crippen LogP contribution in [0.15, 0.2) is 30.3 Å². The maximum atomic E-state index is 13.0. The third-order valence-electron chi connectivity index (χ3n) is 2.40. The van der Waals surface area contributed by atoms with Crippen molar-refractivity contribution >= 4 is 0 Å². The van der Waals surface area contributed by atoms with E-state index in [0.29, 0.717) is 12.3 Å². The molecule has 2 unspecified atom stereocenters. The number of hydrogen-bond donors (Lipinski definition) is 0. The largest absolute Gasteiger partial charge is 0.406 e. The lowest BCUT2D eigenvalue weighted by Crippen LogP contribution is -2.44. The van der Waals surface area contributed by atoms with Crippen LogP contribution in [0.3, 0.4) is 0 Å². The van der Waals surface area contributed by atoms with Gasteiger partial charge in [-0.1, -0.05) is 18.2 Å². The molecule has 0 amide bonds. The first kappa shape index (κ1) is 10.4. The Labute approximate surface area is 87.4 Å². The molecule has 1 aliphatic rings. The number of benzene rings is 1. The molecular formula is C11H13F2NO. The second-order valence-corrected chi connectivity index (χ2v) is 3.61. The highest BCUT2D eigenvalue weighted by Gasteiger charge is 2.30. The van der Waals surface area contributed by atoms with Gasteiger partial charge in [0.1, 0.15) is 18.1 Å². The van der Waals surface area contributed by atoms with Gasteiger partial charge in [-0.05, 0) is 18.6 Å². The molecule has 0 bridgehead atoms. The first-order valence-corrected chi connectivity index (χ1v) is 5.02. The molecule has 0 radical (unpaired) electrons. The normalized spacial score (nSPS) is 27.6. The second kappa shape index (κ2) is 4.57. The van der Waals surface area contributed by atoms with Crippen LogP contribution in [-0.2, 0) is 0 Å². The summed E-state index contributed by atoms with van der Waals surface area (Å²) in [7, 11) is 0. The Morgan fingerprint density at radius 3 is 2.53 bits per heavy atom. The molecule has 82 valence electrons. The first-order valence-electron chi connectivity index (χ1n) is 5.02. The molecule has 2 nitrogen and oxygen atoms in total. The van der Waals surface area contributed by atoms with Crippen LogP contribution in [0.2, 0.25) is 0 Å². The van der Waals surface area contributed by atoms with Gasteiger partial charge in [-0.3, -0.25) is 0 Å². The number of para-hydroxylation sites is 1. The number of halogens is 2. The smallest absolute Gasteiger partial charge is 0.147 e. The Kier molecular flexibility index (Phi) is 3.16. The van der Waals surface area contributed by atoms with E-state index in [2.05, 4.69) is 0 Å². The van der Waals surface area contributed by atoms with Crippen LogP contribution >= 0.6 is 0 Å². The van der Waals surface area contributed by atoms with Crippen molar-refractivity contribution in [2.45, 2.75) is 18.8 Å². The lowest BCUT2D eigenvalue weighted by atomic mass is 10.1. The first-order chi connectivity index (χ1) is 7.25. The molecule has 1 saturated heterocycles. The van der Waals surface area contributed by atoms with Crippen LogP contribution in [-0.4, -0.2) is 30.5 Å². The molecule has 0 spiro atoms. The highest BCUT2D eigenvalue weighted by molar-refractivity contribution is 5.20. The number of piperidine rings is 1. The SMILES string of the molecule is FC1CCN(Oc2ccccc2)CC1F. The van der Waals surface area contributed by atoms with Crippen LogP contribution in [0.25, 0.3) is 0 Å². The van der Waals surface area contributed by atoms with Gasteiger partial charge >= 0.3 is 0 Å². The summed E-state index contributed by atoms with van der Waals surface area (Å²) in [5, 5.41) is 1.47. The molecule has 0 N–H and O–H groups in total. The summed E-state index contributed by atoms with van der Waals surface area (Å²) in [6, 6.07) is 9.12. The number of rotatable bonds is 2. The zero-order valence-corrected chi connectivity index (χ0v) is 8.27. The van der Waals surface area contributed by atoms with E-state index in [4.69, 9.17) is 4.84 Å². The summed E-state index contributed by atoms with van der Waals surface area (Å²) in [5.41, 5.74) is 0. The van der Waals surface area contributed by atoms with Gasteiger partial charge < -0.3 is 4.84 Å². The summed E-state index contributed by atoms with van der Waals surface area (Å²) >= 11 is 0. The minimum Gasteiger partial charge on any atom is -0.406 e. The van der Waals surface area contributed by atoms with Crippen molar-refractivity contribution in [3.8, 4) is 5.75 Å². The zero-order valence-electron chi connectivity index (χ0n) is 8.27. The fraction of sp³-hybridized carbons (Fsp3) is 0.455. The van der Waals surface area contributed by atoms with E-state index in [0.717, 1.165) is 0 Å². The molecule has 0 saturated carbocycles. The number of alkyl halides is 2. The highest BCUT2D eigenvalue weighted by Crippen LogP contribution is 2.19. The average Bonchev–Trinajstić information content (AvgIpc) is 2.25. The van der Waals surface area contributed by atoms with Crippen molar-refractivity contribution in [3.05, 3.63) is 30.3 Å². The monoisotopic (exact) mass is 213 g/mol. The number of hydrogen-bond acceptors (Lipinski definition) is 2. The Morgan fingerprint density at radius 2 is 1.87 bits per heavy atom. The van der Waals surface area contributed by atoms with Crippen LogP contribution < -0.4 is 4.84 Å². The van der Waals surface area contributed by atoms with Gasteiger partial charge in [0.2, 0.25) is 0 Å². The molecule has 15 heavy (non-hydrogen) atoms. The van der Waals surface area contributed by atoms with Crippen LogP contribution in [0.5, 0.6) is 5.75 Å². The van der Waals surface area contributed by atoms with E-state index in [1.54, 1.807) is 12.1 Å². The van der Waals surface area contributed by atoms with E-state index in [9.17, 15) is 8.78 Å². The Balaban J connectivity index is 1.91. The number of nitrogens with zero attached hydrogens (tertiary/aromatic N) is 1. The Morgan fingerprint density at radius 1 is 1.13 bits per heavy atom. The summed E-state index contributed by atoms with van der Waals surface area (Å²) in [5.74, 6) is 0.655. The Hall–Kier alpha value is -1.16. The lowest BCUT2D eigenvalue weighted by Gasteiger charge is -2.30. The van der Waals surface area contributed by atoms with Crippen molar-refractivity contribution in [2.75, 3.05) is 13.1 Å². The van der Waals surface area contributed by atoms with Crippen LogP contribution in [0.4, 0.5) is 8.78 Å². The van der Waals surface area contributed by atoms with E-state index >= 15 is 0 Å². The van der Waals surface area contributed by atoms with E-state index in [1.807, 2.05) is 18.2 Å². The van der Waals surface area contributed by atoms with Crippen molar-refractivity contribution in [3.63, 3.8) is 0 Å². The zero-order chi connectivity index (χ0) is 10.7. The van der Waals surface area contributed by atoms with Crippen molar-refractivity contribution < 1.29 is 13.6 Å². The fourth-order valence-electron chi connectivity index (χ4n) is 1.56. The third-order valence-corrected chi connectivity index (χ3v) is 2.40. The summed E-state index contributed by atoms with van der Waals surface area (Å²) in [6.45, 7) is 0.423. The molecule has 1 heterocycles. The fourth-order valence-corrected chi connectivity index (χ4v) is 1.56. The summed E-state index contributed by atoms with van der Waals surface area (Å²) in [4.78, 5) is 5.40. The van der Waals surface area contributed by atoms with Gasteiger partial charge in [0.05, 0.1) is 6.54 Å². The van der Waals surface area contributed by atoms with E-state index in [1.165, 1.54) is 5.06 Å². The molecule has 2 rings (SSSR count). The van der Waals surface area contributed by atoms with E-state index in [-0.39, 0.29) is 13.0 Å². The minimum atomic E-state index is -1.44. The van der Waals surface area contributed by atoms with Crippen molar-refractivity contribution in [1.29, 1.82) is 0 Å². The standard InChI is InChI=1S/C11H13F2NO/c12-10-6-7-14(8-11(10)13)15-9-4-2-1-3-5-9/h1-5,10-11H,6-8H2. The third kappa shape index (κ3) is 2.65. The highest BCUT2D eigenvalue weighted by atomic mass is 19.2. The summed E-state index contributed by atoms with van der Waals surface area (Å²) in [6.07, 6.45) is -2.60. The second-order valence-electron chi connectivity index (χ2n) is 3.61. The van der Waals surface area contributed by atoms with Crippen LogP contribution in [0.1, 0.15) is 6.42 Å². The van der Waals surface area contributed by atoms with Crippen LogP contribution in [0, 0.1) is 0 Å². The van der Waals surface area contributed by atoms with Gasteiger partial charge in [-0.25, -0.2) is 8.78 Å². The maximum Gasteiger partial charge on any atom is 0.147 e. The van der Waals surface area contributed by atoms with Crippen molar-refractivity contribution in [2.24, 2.45) is 0 Å². The quantitative estimate of drug-likeness (QED) is 0.747. The van der Waals surface area contributed by atoms with Gasteiger partial charge in [-0.15, -0.1) is 5.06 Å². The molecule has 1 aromatic rings. The molecule has 2 atom stereocenters. The predicted molar refractivity (Wildman–Crippen MR) is 53.1 cm³/mol. The van der Waals surface area contributed by atoms with Crippen molar-refractivity contribution in [1.82, 2.24) is 5.06 Å². The van der Waals surface area contributed by atoms with Gasteiger partial charge in [0.25, 0.3) is 0 Å². The summed E-state index contributed by atoms with van der Waals surface area (Å²) < 4.78 is 25.9. The maximum absolute atomic E-state index is 13.0. The van der Waals surface area contributed by atoms with Gasteiger partial charge in [0.15, 0.2) is 0 Å². The molecule has 0 aromatic heterocycles. The predicted octanol–water partition coefficient (Wildman–Crippen LogP) is 2.36. The molecule has 4 heteroatoms. The molecule has 1 aromatic carbocycles. The topological polar surface area (TPSA) is 12.5 Å². The lowest BCUT2D eigenvalue weighted by molar-refractivity contribution is -0.109. The average molecular weight is 213 g/mol. The van der Waals surface area contributed by atoms with Gasteiger partial charge in [0, 0.05) is 6.54 Å². The molecule has 0 aliphatic carbocycles. The number of hydroxylamine groups is 2. The van der Waals surface area contributed by atoms with Gasteiger partial charge in [-0.2, -0.15) is 0 Å².